The summed E-state index contributed by atoms with van der Waals surface area (Å²) in [5.74, 6) is 0.911. The van der Waals surface area contributed by atoms with Crippen molar-refractivity contribution in [3.05, 3.63) is 61.8 Å². The highest BCUT2D eigenvalue weighted by Gasteiger charge is 2.23. The monoisotopic (exact) mass is 403 g/mol. The van der Waals surface area contributed by atoms with Crippen molar-refractivity contribution in [2.24, 2.45) is 0 Å². The van der Waals surface area contributed by atoms with Crippen LogP contribution in [0.15, 0.2) is 34.4 Å². The van der Waals surface area contributed by atoms with E-state index in [0.29, 0.717) is 36.6 Å². The SMILES string of the molecule is COc1ccc(CN2CCc3nc(-c4cccs4)[nH]c(=O)c3C2)c(Cl)c1O. The summed E-state index contributed by atoms with van der Waals surface area (Å²) in [6, 6.07) is 7.41. The maximum absolute atomic E-state index is 12.6. The van der Waals surface area contributed by atoms with Crippen LogP contribution in [0.3, 0.4) is 0 Å². The van der Waals surface area contributed by atoms with Crippen LogP contribution in [0.1, 0.15) is 16.8 Å². The molecule has 1 aliphatic heterocycles. The van der Waals surface area contributed by atoms with Crippen LogP contribution in [0.2, 0.25) is 5.02 Å². The van der Waals surface area contributed by atoms with Crippen LogP contribution in [0.5, 0.6) is 11.5 Å². The second kappa shape index (κ2) is 7.34. The standard InChI is InChI=1S/C19H18ClN3O3S/c1-26-14-5-4-11(16(20)17(14)24)9-23-7-6-13-12(10-23)19(25)22-18(21-13)15-3-2-8-27-15/h2-5,8,24H,6-7,9-10H2,1H3,(H,21,22,25). The van der Waals surface area contributed by atoms with Crippen molar-refractivity contribution in [2.75, 3.05) is 13.7 Å². The average molecular weight is 404 g/mol. The largest absolute Gasteiger partial charge is 0.503 e. The number of nitrogens with one attached hydrogen (secondary N) is 1. The van der Waals surface area contributed by atoms with Gasteiger partial charge < -0.3 is 14.8 Å². The van der Waals surface area contributed by atoms with Gasteiger partial charge in [0.1, 0.15) is 0 Å². The Balaban J connectivity index is 1.57. The molecule has 0 spiro atoms. The number of methoxy groups -OCH3 is 1. The van der Waals surface area contributed by atoms with Crippen LogP contribution in [0, 0.1) is 0 Å². The summed E-state index contributed by atoms with van der Waals surface area (Å²) in [7, 11) is 1.48. The van der Waals surface area contributed by atoms with E-state index in [1.54, 1.807) is 17.4 Å². The molecule has 6 nitrogen and oxygen atoms in total. The molecule has 0 amide bonds. The van der Waals surface area contributed by atoms with Crippen molar-refractivity contribution in [3.8, 4) is 22.2 Å². The third kappa shape index (κ3) is 3.45. The van der Waals surface area contributed by atoms with E-state index in [9.17, 15) is 9.90 Å². The summed E-state index contributed by atoms with van der Waals surface area (Å²) in [6.45, 7) is 1.78. The minimum Gasteiger partial charge on any atom is -0.503 e. The summed E-state index contributed by atoms with van der Waals surface area (Å²) < 4.78 is 5.07. The van der Waals surface area contributed by atoms with E-state index in [1.807, 2.05) is 23.6 Å². The molecule has 1 aliphatic rings. The Hall–Kier alpha value is -2.35. The van der Waals surface area contributed by atoms with E-state index in [2.05, 4.69) is 14.9 Å². The van der Waals surface area contributed by atoms with Crippen molar-refractivity contribution < 1.29 is 9.84 Å². The molecular weight excluding hydrogens is 386 g/mol. The third-order valence-electron chi connectivity index (χ3n) is 4.68. The van der Waals surface area contributed by atoms with E-state index in [4.69, 9.17) is 16.3 Å². The van der Waals surface area contributed by atoms with Crippen molar-refractivity contribution in [1.82, 2.24) is 14.9 Å². The molecule has 3 aromatic rings. The molecule has 8 heteroatoms. The van der Waals surface area contributed by atoms with Crippen LogP contribution in [-0.4, -0.2) is 33.6 Å². The first-order valence-corrected chi connectivity index (χ1v) is 9.75. The molecular formula is C19H18ClN3O3S. The fraction of sp³-hybridized carbons (Fsp3) is 0.263. The van der Waals surface area contributed by atoms with Gasteiger partial charge >= 0.3 is 0 Å². The normalized spacial score (nSPS) is 14.1. The molecule has 0 unspecified atom stereocenters. The minimum absolute atomic E-state index is 0.0609. The lowest BCUT2D eigenvalue weighted by Gasteiger charge is -2.28. The molecule has 0 fully saturated rings. The molecule has 1 aromatic carbocycles. The number of nitrogens with zero attached hydrogens (tertiary/aromatic N) is 2. The topological polar surface area (TPSA) is 78.5 Å². The van der Waals surface area contributed by atoms with Crippen molar-refractivity contribution in [3.63, 3.8) is 0 Å². The molecule has 0 aliphatic carbocycles. The number of aromatic nitrogens is 2. The van der Waals surface area contributed by atoms with Gasteiger partial charge in [-0.15, -0.1) is 11.3 Å². The Labute approximate surface area is 165 Å². The molecule has 0 saturated heterocycles. The quantitative estimate of drug-likeness (QED) is 0.697. The van der Waals surface area contributed by atoms with Crippen LogP contribution in [0.25, 0.3) is 10.7 Å². The number of benzene rings is 1. The predicted octanol–water partition coefficient (Wildman–Crippen LogP) is 3.42. The summed E-state index contributed by atoms with van der Waals surface area (Å²) in [5.41, 5.74) is 2.23. The van der Waals surface area contributed by atoms with Crippen molar-refractivity contribution in [2.45, 2.75) is 19.5 Å². The van der Waals surface area contributed by atoms with Crippen molar-refractivity contribution in [1.29, 1.82) is 0 Å². The summed E-state index contributed by atoms with van der Waals surface area (Å²) in [5, 5.41) is 12.3. The predicted molar refractivity (Wildman–Crippen MR) is 106 cm³/mol. The van der Waals surface area contributed by atoms with Gasteiger partial charge in [0.15, 0.2) is 17.3 Å². The number of hydrogen-bond donors (Lipinski definition) is 2. The van der Waals surface area contributed by atoms with Crippen LogP contribution >= 0.6 is 22.9 Å². The maximum Gasteiger partial charge on any atom is 0.255 e. The van der Waals surface area contributed by atoms with Gasteiger partial charge in [-0.1, -0.05) is 23.7 Å². The molecule has 0 saturated carbocycles. The number of aromatic amines is 1. The summed E-state index contributed by atoms with van der Waals surface area (Å²) >= 11 is 7.82. The zero-order valence-corrected chi connectivity index (χ0v) is 16.2. The molecule has 140 valence electrons. The Kier molecular flexibility index (Phi) is 4.90. The number of aromatic hydroxyl groups is 1. The second-order valence-corrected chi connectivity index (χ2v) is 7.69. The van der Waals surface area contributed by atoms with Crippen LogP contribution in [0.4, 0.5) is 0 Å². The maximum atomic E-state index is 12.6. The average Bonchev–Trinajstić information content (AvgIpc) is 3.21. The number of ether oxygens (including phenoxy) is 1. The summed E-state index contributed by atoms with van der Waals surface area (Å²) in [4.78, 5) is 23.2. The zero-order chi connectivity index (χ0) is 19.0. The van der Waals surface area contributed by atoms with E-state index in [0.717, 1.165) is 22.7 Å². The third-order valence-corrected chi connectivity index (χ3v) is 5.97. The Morgan fingerprint density at radius 3 is 3.00 bits per heavy atom. The van der Waals surface area contributed by atoms with Gasteiger partial charge in [-0.25, -0.2) is 4.98 Å². The van der Waals surface area contributed by atoms with E-state index in [-0.39, 0.29) is 16.3 Å². The van der Waals surface area contributed by atoms with Gasteiger partial charge in [-0.05, 0) is 23.1 Å². The zero-order valence-electron chi connectivity index (χ0n) is 14.7. The molecule has 27 heavy (non-hydrogen) atoms. The van der Waals surface area contributed by atoms with Crippen molar-refractivity contribution >= 4 is 22.9 Å². The molecule has 0 radical (unpaired) electrons. The van der Waals surface area contributed by atoms with Crippen LogP contribution in [-0.2, 0) is 19.5 Å². The Bertz CT molecular complexity index is 1030. The summed E-state index contributed by atoms with van der Waals surface area (Å²) in [6.07, 6.45) is 0.692. The van der Waals surface area contributed by atoms with Gasteiger partial charge in [0.05, 0.1) is 28.3 Å². The number of rotatable bonds is 4. The highest BCUT2D eigenvalue weighted by atomic mass is 35.5. The lowest BCUT2D eigenvalue weighted by Crippen LogP contribution is -2.35. The second-order valence-electron chi connectivity index (χ2n) is 6.37. The number of thiophene rings is 1. The first-order valence-electron chi connectivity index (χ1n) is 8.49. The molecule has 2 N–H and O–H groups in total. The lowest BCUT2D eigenvalue weighted by molar-refractivity contribution is 0.241. The van der Waals surface area contributed by atoms with Gasteiger partial charge in [-0.3, -0.25) is 9.69 Å². The Morgan fingerprint density at radius 2 is 2.26 bits per heavy atom. The number of phenolic OH excluding ortho intramolecular Hbond substituents is 1. The van der Waals surface area contributed by atoms with Crippen LogP contribution < -0.4 is 10.3 Å². The number of halogens is 1. The lowest BCUT2D eigenvalue weighted by atomic mass is 10.1. The van der Waals surface area contributed by atoms with E-state index in [1.165, 1.54) is 7.11 Å². The molecule has 4 rings (SSSR count). The first-order chi connectivity index (χ1) is 13.1. The first kappa shape index (κ1) is 18.0. The number of fused-ring (bicyclic) bond motifs is 1. The Morgan fingerprint density at radius 1 is 1.41 bits per heavy atom. The molecule has 0 bridgehead atoms. The van der Waals surface area contributed by atoms with Gasteiger partial charge in [-0.2, -0.15) is 0 Å². The van der Waals surface area contributed by atoms with Gasteiger partial charge in [0, 0.05) is 26.1 Å². The van der Waals surface area contributed by atoms with E-state index >= 15 is 0 Å². The molecule has 3 heterocycles. The van der Waals surface area contributed by atoms with Gasteiger partial charge in [0.2, 0.25) is 0 Å². The highest BCUT2D eigenvalue weighted by Crippen LogP contribution is 2.37. The van der Waals surface area contributed by atoms with Gasteiger partial charge in [0.25, 0.3) is 5.56 Å². The highest BCUT2D eigenvalue weighted by molar-refractivity contribution is 7.13. The van der Waals surface area contributed by atoms with E-state index < -0.39 is 0 Å². The fourth-order valence-electron chi connectivity index (χ4n) is 3.26. The minimum atomic E-state index is -0.100. The number of hydrogen-bond acceptors (Lipinski definition) is 6. The fourth-order valence-corrected chi connectivity index (χ4v) is 4.15. The number of H-pyrrole nitrogens is 1. The molecule has 0 atom stereocenters. The smallest absolute Gasteiger partial charge is 0.255 e. The molecule has 2 aromatic heterocycles. The number of phenols is 1.